The van der Waals surface area contributed by atoms with Crippen LogP contribution in [0, 0.1) is 13.8 Å². The van der Waals surface area contributed by atoms with E-state index in [-0.39, 0.29) is 27.3 Å². The minimum absolute atomic E-state index is 0.0291. The molecule has 8 heteroatoms. The van der Waals surface area contributed by atoms with Crippen molar-refractivity contribution in [1.82, 2.24) is 4.90 Å². The molecule has 6 nitrogen and oxygen atoms in total. The molecule has 1 saturated heterocycles. The number of aryl methyl sites for hydroxylation is 2. The summed E-state index contributed by atoms with van der Waals surface area (Å²) >= 11 is 0.818. The van der Waals surface area contributed by atoms with Crippen LogP contribution in [0.5, 0.6) is 5.75 Å². The first kappa shape index (κ1) is 22.8. The zero-order valence-electron chi connectivity index (χ0n) is 18.0. The molecule has 0 aromatic heterocycles. The molecule has 1 heterocycles. The molecule has 3 aromatic rings. The van der Waals surface area contributed by atoms with E-state index in [0.29, 0.717) is 5.56 Å². The number of nitrogens with zero attached hydrogens (tertiary/aromatic N) is 1. The lowest BCUT2D eigenvalue weighted by atomic mass is 10.1. The van der Waals surface area contributed by atoms with E-state index in [1.165, 1.54) is 29.2 Å². The molecule has 0 N–H and O–H groups in total. The Morgan fingerprint density at radius 1 is 0.909 bits per heavy atom. The van der Waals surface area contributed by atoms with Crippen molar-refractivity contribution in [2.75, 3.05) is 0 Å². The summed E-state index contributed by atoms with van der Waals surface area (Å²) in [5.41, 5.74) is 3.20. The van der Waals surface area contributed by atoms with Gasteiger partial charge in [0.2, 0.25) is 0 Å². The average Bonchev–Trinajstić information content (AvgIpc) is 3.03. The number of thioether (sulfide) groups is 1. The molecule has 1 fully saturated rings. The molecule has 0 atom stereocenters. The van der Waals surface area contributed by atoms with Gasteiger partial charge in [0.25, 0.3) is 11.1 Å². The van der Waals surface area contributed by atoms with Crippen LogP contribution >= 0.6 is 11.8 Å². The molecule has 1 aliphatic heterocycles. The third-order valence-corrected chi connectivity index (χ3v) is 7.17. The molecule has 33 heavy (non-hydrogen) atoms. The molecular weight excluding hydrogens is 458 g/mol. The Kier molecular flexibility index (Phi) is 6.40. The number of benzene rings is 3. The Balaban J connectivity index is 1.59. The normalized spacial score (nSPS) is 15.3. The minimum atomic E-state index is -4.06. The summed E-state index contributed by atoms with van der Waals surface area (Å²) in [5, 5.41) is -0.376. The summed E-state index contributed by atoms with van der Waals surface area (Å²) in [6, 6.07) is 20.4. The van der Waals surface area contributed by atoms with Crippen LogP contribution < -0.4 is 4.18 Å². The van der Waals surface area contributed by atoms with Crippen molar-refractivity contribution in [1.29, 1.82) is 0 Å². The first-order chi connectivity index (χ1) is 15.7. The van der Waals surface area contributed by atoms with E-state index in [4.69, 9.17) is 4.18 Å². The first-order valence-electron chi connectivity index (χ1n) is 10.1. The lowest BCUT2D eigenvalue weighted by Gasteiger charge is -2.13. The van der Waals surface area contributed by atoms with Crippen molar-refractivity contribution >= 4 is 39.1 Å². The fourth-order valence-electron chi connectivity index (χ4n) is 3.32. The van der Waals surface area contributed by atoms with Crippen LogP contribution in [0.3, 0.4) is 0 Å². The zero-order chi connectivity index (χ0) is 23.6. The predicted octanol–water partition coefficient (Wildman–Crippen LogP) is 5.31. The van der Waals surface area contributed by atoms with E-state index >= 15 is 0 Å². The fourth-order valence-corrected chi connectivity index (χ4v) is 5.10. The van der Waals surface area contributed by atoms with Crippen molar-refractivity contribution in [2.45, 2.75) is 25.3 Å². The molecule has 1 aliphatic rings. The van der Waals surface area contributed by atoms with Crippen LogP contribution in [0.15, 0.2) is 82.6 Å². The van der Waals surface area contributed by atoms with Crippen molar-refractivity contribution in [3.63, 3.8) is 0 Å². The Morgan fingerprint density at radius 2 is 1.64 bits per heavy atom. The maximum atomic E-state index is 12.9. The van der Waals surface area contributed by atoms with Crippen molar-refractivity contribution in [3.05, 3.63) is 100.0 Å². The molecule has 0 spiro atoms. The van der Waals surface area contributed by atoms with Gasteiger partial charge in [-0.2, -0.15) is 8.42 Å². The maximum absolute atomic E-state index is 12.9. The van der Waals surface area contributed by atoms with Crippen LogP contribution in [0.25, 0.3) is 6.08 Å². The molecule has 2 amide bonds. The molecule has 0 aliphatic carbocycles. The lowest BCUT2D eigenvalue weighted by Crippen LogP contribution is -2.27. The number of hydrogen-bond donors (Lipinski definition) is 0. The van der Waals surface area contributed by atoms with Gasteiger partial charge < -0.3 is 4.18 Å². The molecule has 0 radical (unpaired) electrons. The monoisotopic (exact) mass is 479 g/mol. The predicted molar refractivity (Wildman–Crippen MR) is 128 cm³/mol. The van der Waals surface area contributed by atoms with E-state index < -0.39 is 16.0 Å². The molecular formula is C25H21NO5S2. The van der Waals surface area contributed by atoms with Crippen LogP contribution in [-0.2, 0) is 21.5 Å². The lowest BCUT2D eigenvalue weighted by molar-refractivity contribution is -0.123. The quantitative estimate of drug-likeness (QED) is 0.352. The topological polar surface area (TPSA) is 80.8 Å². The molecule has 168 valence electrons. The summed E-state index contributed by atoms with van der Waals surface area (Å²) in [4.78, 5) is 26.8. The third-order valence-electron chi connectivity index (χ3n) is 5.01. The third kappa shape index (κ3) is 5.18. The van der Waals surface area contributed by atoms with Crippen molar-refractivity contribution in [3.8, 4) is 5.75 Å². The maximum Gasteiger partial charge on any atom is 0.339 e. The van der Waals surface area contributed by atoms with E-state index in [1.54, 1.807) is 30.3 Å². The number of carbonyl (C=O) groups excluding carboxylic acids is 2. The van der Waals surface area contributed by atoms with E-state index in [1.807, 2.05) is 38.1 Å². The standard InChI is InChI=1S/C25H21NO5S2/c1-17-10-12-21(13-11-17)33(29,30)31-22-9-4-3-8-20(22)15-23-24(27)26(25(28)32-23)16-19-7-5-6-18(2)14-19/h3-15H,16H2,1-2H3/b23-15-. The van der Waals surface area contributed by atoms with Gasteiger partial charge in [-0.1, -0.05) is 65.7 Å². The van der Waals surface area contributed by atoms with Gasteiger partial charge in [-0.25, -0.2) is 0 Å². The van der Waals surface area contributed by atoms with Gasteiger partial charge in [0, 0.05) is 5.56 Å². The minimum Gasteiger partial charge on any atom is -0.378 e. The van der Waals surface area contributed by atoms with E-state index in [0.717, 1.165) is 28.5 Å². The summed E-state index contributed by atoms with van der Waals surface area (Å²) < 4.78 is 30.8. The summed E-state index contributed by atoms with van der Waals surface area (Å²) in [5.74, 6) is -0.355. The van der Waals surface area contributed by atoms with Gasteiger partial charge in [0.15, 0.2) is 0 Å². The highest BCUT2D eigenvalue weighted by Gasteiger charge is 2.35. The number of rotatable bonds is 6. The fraction of sp³-hybridized carbons (Fsp3) is 0.120. The summed E-state index contributed by atoms with van der Waals surface area (Å²) in [7, 11) is -4.06. The second-order valence-corrected chi connectivity index (χ2v) is 10.2. The van der Waals surface area contributed by atoms with Crippen molar-refractivity contribution in [2.24, 2.45) is 0 Å². The Morgan fingerprint density at radius 3 is 2.36 bits per heavy atom. The Hall–Kier alpha value is -3.36. The number of carbonyl (C=O) groups is 2. The Labute approximate surface area is 197 Å². The van der Waals surface area contributed by atoms with E-state index in [2.05, 4.69) is 0 Å². The second-order valence-electron chi connectivity index (χ2n) is 7.65. The highest BCUT2D eigenvalue weighted by Crippen LogP contribution is 2.35. The molecule has 0 unspecified atom stereocenters. The van der Waals surface area contributed by atoms with Gasteiger partial charge in [0.05, 0.1) is 11.4 Å². The average molecular weight is 480 g/mol. The molecule has 3 aromatic carbocycles. The number of imide groups is 1. The van der Waals surface area contributed by atoms with Crippen LogP contribution in [-0.4, -0.2) is 24.5 Å². The van der Waals surface area contributed by atoms with Crippen LogP contribution in [0.4, 0.5) is 4.79 Å². The van der Waals surface area contributed by atoms with Gasteiger partial charge >= 0.3 is 10.1 Å². The molecule has 0 saturated carbocycles. The van der Waals surface area contributed by atoms with Gasteiger partial charge in [-0.05, 0) is 55.4 Å². The van der Waals surface area contributed by atoms with E-state index in [9.17, 15) is 18.0 Å². The Bertz CT molecular complexity index is 1360. The second kappa shape index (κ2) is 9.25. The summed E-state index contributed by atoms with van der Waals surface area (Å²) in [6.45, 7) is 3.97. The highest BCUT2D eigenvalue weighted by molar-refractivity contribution is 8.18. The smallest absolute Gasteiger partial charge is 0.339 e. The van der Waals surface area contributed by atoms with Gasteiger partial charge in [0.1, 0.15) is 10.6 Å². The highest BCUT2D eigenvalue weighted by atomic mass is 32.2. The molecule has 4 rings (SSSR count). The first-order valence-corrected chi connectivity index (χ1v) is 12.4. The number of para-hydroxylation sites is 1. The van der Waals surface area contributed by atoms with Crippen LogP contribution in [0.1, 0.15) is 22.3 Å². The van der Waals surface area contributed by atoms with Gasteiger partial charge in [-0.3, -0.25) is 14.5 Å². The molecule has 0 bridgehead atoms. The van der Waals surface area contributed by atoms with Gasteiger partial charge in [-0.15, -0.1) is 0 Å². The number of hydrogen-bond acceptors (Lipinski definition) is 6. The van der Waals surface area contributed by atoms with Crippen LogP contribution in [0.2, 0.25) is 0 Å². The summed E-state index contributed by atoms with van der Waals surface area (Å²) in [6.07, 6.45) is 1.49. The van der Waals surface area contributed by atoms with Crippen molar-refractivity contribution < 1.29 is 22.2 Å². The SMILES string of the molecule is Cc1ccc(S(=O)(=O)Oc2ccccc2/C=C2\SC(=O)N(Cc3cccc(C)c3)C2=O)cc1. The largest absolute Gasteiger partial charge is 0.378 e. The number of amides is 2. The zero-order valence-corrected chi connectivity index (χ0v) is 19.7.